The summed E-state index contributed by atoms with van der Waals surface area (Å²) in [5.41, 5.74) is 1.48. The maximum Gasteiger partial charge on any atom is 0.0346 e. The van der Waals surface area contributed by atoms with E-state index >= 15 is 0 Å². The van der Waals surface area contributed by atoms with E-state index in [-0.39, 0.29) is 5.54 Å². The molecule has 0 fully saturated rings. The van der Waals surface area contributed by atoms with Crippen molar-refractivity contribution >= 4 is 11.3 Å². The van der Waals surface area contributed by atoms with E-state index in [1.807, 2.05) is 11.3 Å². The van der Waals surface area contributed by atoms with Gasteiger partial charge in [-0.3, -0.25) is 0 Å². The molecule has 0 aliphatic carbocycles. The Morgan fingerprint density at radius 2 is 1.71 bits per heavy atom. The molecule has 0 spiro atoms. The van der Waals surface area contributed by atoms with E-state index in [2.05, 4.69) is 68.6 Å². The maximum atomic E-state index is 3.51. The van der Waals surface area contributed by atoms with Crippen molar-refractivity contribution < 1.29 is 0 Å². The highest BCUT2D eigenvalue weighted by Crippen LogP contribution is 2.27. The van der Waals surface area contributed by atoms with E-state index in [4.69, 9.17) is 0 Å². The fourth-order valence-electron chi connectivity index (χ4n) is 1.58. The van der Waals surface area contributed by atoms with Crippen LogP contribution < -0.4 is 5.32 Å². The topological polar surface area (TPSA) is 12.0 Å². The molecule has 0 aliphatic rings. The van der Waals surface area contributed by atoms with E-state index in [1.54, 1.807) is 0 Å². The van der Waals surface area contributed by atoms with Crippen LogP contribution in [0.15, 0.2) is 42.5 Å². The lowest BCUT2D eigenvalue weighted by Gasteiger charge is -2.19. The van der Waals surface area contributed by atoms with Crippen molar-refractivity contribution in [1.29, 1.82) is 0 Å². The molecular formula is C15H19NS. The van der Waals surface area contributed by atoms with Gasteiger partial charge in [0, 0.05) is 21.8 Å². The smallest absolute Gasteiger partial charge is 0.0346 e. The average Bonchev–Trinajstić information content (AvgIpc) is 2.75. The largest absolute Gasteiger partial charge is 0.307 e. The summed E-state index contributed by atoms with van der Waals surface area (Å²) in [5, 5.41) is 3.51. The van der Waals surface area contributed by atoms with Crippen molar-refractivity contribution in [3.8, 4) is 10.4 Å². The number of rotatable bonds is 3. The molecule has 0 saturated heterocycles. The molecule has 0 atom stereocenters. The fraction of sp³-hybridized carbons (Fsp3) is 0.333. The number of hydrogen-bond acceptors (Lipinski definition) is 2. The van der Waals surface area contributed by atoms with Crippen LogP contribution in [0.5, 0.6) is 0 Å². The molecule has 0 amide bonds. The lowest BCUT2D eigenvalue weighted by Crippen LogP contribution is -2.34. The third-order valence-electron chi connectivity index (χ3n) is 2.51. The summed E-state index contributed by atoms with van der Waals surface area (Å²) in [6.07, 6.45) is 0. The fourth-order valence-corrected chi connectivity index (χ4v) is 2.54. The highest BCUT2D eigenvalue weighted by Gasteiger charge is 2.09. The van der Waals surface area contributed by atoms with Crippen LogP contribution in [0.1, 0.15) is 25.6 Å². The Morgan fingerprint density at radius 1 is 1.00 bits per heavy atom. The van der Waals surface area contributed by atoms with Crippen LogP contribution in [0.2, 0.25) is 0 Å². The van der Waals surface area contributed by atoms with Gasteiger partial charge in [0.15, 0.2) is 0 Å². The van der Waals surface area contributed by atoms with Gasteiger partial charge >= 0.3 is 0 Å². The second kappa shape index (κ2) is 5.03. The Labute approximate surface area is 108 Å². The van der Waals surface area contributed by atoms with Gasteiger partial charge in [-0.15, -0.1) is 11.3 Å². The first-order chi connectivity index (χ1) is 8.04. The Morgan fingerprint density at radius 3 is 2.35 bits per heavy atom. The molecule has 0 radical (unpaired) electrons. The molecule has 1 nitrogen and oxygen atoms in total. The Bertz CT molecular complexity index is 465. The molecule has 17 heavy (non-hydrogen) atoms. The molecule has 2 rings (SSSR count). The summed E-state index contributed by atoms with van der Waals surface area (Å²) < 4.78 is 0. The molecule has 0 aliphatic heterocycles. The van der Waals surface area contributed by atoms with Crippen LogP contribution in [0.3, 0.4) is 0 Å². The minimum atomic E-state index is 0.177. The van der Waals surface area contributed by atoms with Crippen LogP contribution >= 0.6 is 11.3 Å². The van der Waals surface area contributed by atoms with E-state index in [0.29, 0.717) is 0 Å². The average molecular weight is 245 g/mol. The summed E-state index contributed by atoms with van der Waals surface area (Å²) >= 11 is 1.86. The molecular weight excluding hydrogens is 226 g/mol. The van der Waals surface area contributed by atoms with E-state index in [0.717, 1.165) is 6.54 Å². The van der Waals surface area contributed by atoms with Gasteiger partial charge in [0.1, 0.15) is 0 Å². The van der Waals surface area contributed by atoms with Crippen LogP contribution in [0.25, 0.3) is 10.4 Å². The molecule has 0 saturated carbocycles. The Kier molecular flexibility index (Phi) is 3.65. The lowest BCUT2D eigenvalue weighted by molar-refractivity contribution is 0.426. The molecule has 90 valence electrons. The first kappa shape index (κ1) is 12.3. The second-order valence-electron chi connectivity index (χ2n) is 5.24. The summed E-state index contributed by atoms with van der Waals surface area (Å²) in [5.74, 6) is 0. The molecule has 1 aromatic carbocycles. The number of hydrogen-bond donors (Lipinski definition) is 1. The van der Waals surface area contributed by atoms with Crippen molar-refractivity contribution in [3.05, 3.63) is 47.3 Å². The first-order valence-electron chi connectivity index (χ1n) is 5.94. The highest BCUT2D eigenvalue weighted by molar-refractivity contribution is 7.15. The Balaban J connectivity index is 2.07. The van der Waals surface area contributed by atoms with Crippen molar-refractivity contribution in [2.45, 2.75) is 32.9 Å². The van der Waals surface area contributed by atoms with E-state index in [1.165, 1.54) is 15.3 Å². The SMILES string of the molecule is CC(C)(C)NCc1ccc(-c2ccccc2)s1. The van der Waals surface area contributed by atoms with Crippen molar-refractivity contribution in [2.24, 2.45) is 0 Å². The molecule has 1 aromatic heterocycles. The van der Waals surface area contributed by atoms with Crippen molar-refractivity contribution in [3.63, 3.8) is 0 Å². The first-order valence-corrected chi connectivity index (χ1v) is 6.75. The normalized spacial score (nSPS) is 11.7. The van der Waals surface area contributed by atoms with Gasteiger partial charge in [-0.1, -0.05) is 30.3 Å². The maximum absolute atomic E-state index is 3.51. The van der Waals surface area contributed by atoms with Gasteiger partial charge in [0.05, 0.1) is 0 Å². The molecule has 1 heterocycles. The summed E-state index contributed by atoms with van der Waals surface area (Å²) in [6.45, 7) is 7.52. The van der Waals surface area contributed by atoms with Gasteiger partial charge in [-0.25, -0.2) is 0 Å². The van der Waals surface area contributed by atoms with Gasteiger partial charge < -0.3 is 5.32 Å². The number of thiophene rings is 1. The molecule has 2 aromatic rings. The summed E-state index contributed by atoms with van der Waals surface area (Å²) in [7, 11) is 0. The third-order valence-corrected chi connectivity index (χ3v) is 3.65. The Hall–Kier alpha value is -1.12. The third kappa shape index (κ3) is 3.69. The van der Waals surface area contributed by atoms with E-state index in [9.17, 15) is 0 Å². The van der Waals surface area contributed by atoms with Crippen LogP contribution in [0.4, 0.5) is 0 Å². The van der Waals surface area contributed by atoms with Gasteiger partial charge in [-0.2, -0.15) is 0 Å². The van der Waals surface area contributed by atoms with Crippen molar-refractivity contribution in [1.82, 2.24) is 5.32 Å². The monoisotopic (exact) mass is 245 g/mol. The minimum Gasteiger partial charge on any atom is -0.307 e. The zero-order chi connectivity index (χ0) is 12.3. The van der Waals surface area contributed by atoms with E-state index < -0.39 is 0 Å². The summed E-state index contributed by atoms with van der Waals surface area (Å²) in [4.78, 5) is 2.73. The van der Waals surface area contributed by atoms with Gasteiger partial charge in [0.2, 0.25) is 0 Å². The predicted molar refractivity (Wildman–Crippen MR) is 76.3 cm³/mol. The van der Waals surface area contributed by atoms with Crippen LogP contribution in [-0.4, -0.2) is 5.54 Å². The minimum absolute atomic E-state index is 0.177. The molecule has 0 unspecified atom stereocenters. The zero-order valence-corrected chi connectivity index (χ0v) is 11.5. The summed E-state index contributed by atoms with van der Waals surface area (Å²) in [6, 6.07) is 15.0. The molecule has 2 heteroatoms. The van der Waals surface area contributed by atoms with Crippen LogP contribution in [0, 0.1) is 0 Å². The standard InChI is InChI=1S/C15H19NS/c1-15(2,3)16-11-13-9-10-14(17-13)12-7-5-4-6-8-12/h4-10,16H,11H2,1-3H3. The molecule has 0 bridgehead atoms. The predicted octanol–water partition coefficient (Wildman–Crippen LogP) is 4.30. The highest BCUT2D eigenvalue weighted by atomic mass is 32.1. The van der Waals surface area contributed by atoms with Gasteiger partial charge in [0.25, 0.3) is 0 Å². The number of benzene rings is 1. The van der Waals surface area contributed by atoms with Crippen LogP contribution in [-0.2, 0) is 6.54 Å². The zero-order valence-electron chi connectivity index (χ0n) is 10.7. The lowest BCUT2D eigenvalue weighted by atomic mass is 10.1. The second-order valence-corrected chi connectivity index (χ2v) is 6.40. The molecule has 1 N–H and O–H groups in total. The van der Waals surface area contributed by atoms with Crippen molar-refractivity contribution in [2.75, 3.05) is 0 Å². The van der Waals surface area contributed by atoms with Gasteiger partial charge in [-0.05, 0) is 38.5 Å². The quantitative estimate of drug-likeness (QED) is 0.850. The number of nitrogens with one attached hydrogen (secondary N) is 1.